The molecule has 0 spiro atoms. The van der Waals surface area contributed by atoms with Crippen molar-refractivity contribution in [3.05, 3.63) is 65.7 Å². The van der Waals surface area contributed by atoms with Crippen LogP contribution in [-0.2, 0) is 17.9 Å². The van der Waals surface area contributed by atoms with Crippen molar-refractivity contribution in [1.29, 1.82) is 0 Å². The summed E-state index contributed by atoms with van der Waals surface area (Å²) in [6, 6.07) is 16.9. The first kappa shape index (κ1) is 15.9. The van der Waals surface area contributed by atoms with E-state index < -0.39 is 6.09 Å². The van der Waals surface area contributed by atoms with Crippen LogP contribution in [0.25, 0.3) is 0 Å². The van der Waals surface area contributed by atoms with Crippen LogP contribution in [0.3, 0.4) is 0 Å². The van der Waals surface area contributed by atoms with Gasteiger partial charge in [-0.25, -0.2) is 4.79 Å². The molecular weight excluding hydrogens is 276 g/mol. The van der Waals surface area contributed by atoms with Crippen molar-refractivity contribution in [2.45, 2.75) is 13.2 Å². The lowest BCUT2D eigenvalue weighted by atomic mass is 10.2. The maximum Gasteiger partial charge on any atom is 0.407 e. The van der Waals surface area contributed by atoms with Gasteiger partial charge in [0.2, 0.25) is 0 Å². The molecule has 1 amide bonds. The van der Waals surface area contributed by atoms with E-state index in [4.69, 9.17) is 10.5 Å². The van der Waals surface area contributed by atoms with E-state index in [-0.39, 0.29) is 19.0 Å². The van der Waals surface area contributed by atoms with Crippen molar-refractivity contribution >= 4 is 24.2 Å². The predicted octanol–water partition coefficient (Wildman–Crippen LogP) is 3.12. The maximum atomic E-state index is 11.5. The van der Waals surface area contributed by atoms with Crippen LogP contribution in [0.4, 0.5) is 10.5 Å². The van der Waals surface area contributed by atoms with Gasteiger partial charge in [-0.1, -0.05) is 42.5 Å². The fourth-order valence-corrected chi connectivity index (χ4v) is 1.58. The van der Waals surface area contributed by atoms with Crippen LogP contribution in [0.2, 0.25) is 0 Å². The number of nitrogens with one attached hydrogen (secondary N) is 1. The summed E-state index contributed by atoms with van der Waals surface area (Å²) >= 11 is 0. The summed E-state index contributed by atoms with van der Waals surface area (Å²) in [7, 11) is 0. The summed E-state index contributed by atoms with van der Waals surface area (Å²) < 4.78 is 5.10. The standard InChI is InChI=1S/C15H16N2O2.ClH/c16-14-8-6-12(7-9-14)10-17-15(18)19-11-13-4-2-1-3-5-13;/h1-9H,10-11,16H2,(H,17,18);1H. The molecule has 0 saturated heterocycles. The number of halogens is 1. The predicted molar refractivity (Wildman–Crippen MR) is 81.6 cm³/mol. The molecule has 0 aliphatic carbocycles. The highest BCUT2D eigenvalue weighted by atomic mass is 35.5. The molecule has 0 atom stereocenters. The van der Waals surface area contributed by atoms with E-state index in [0.29, 0.717) is 12.2 Å². The van der Waals surface area contributed by atoms with Crippen molar-refractivity contribution in [1.82, 2.24) is 5.32 Å². The fraction of sp³-hybridized carbons (Fsp3) is 0.133. The number of benzene rings is 2. The zero-order chi connectivity index (χ0) is 13.5. The molecule has 0 aliphatic heterocycles. The highest BCUT2D eigenvalue weighted by Gasteiger charge is 2.02. The number of anilines is 1. The van der Waals surface area contributed by atoms with Gasteiger partial charge >= 0.3 is 6.09 Å². The van der Waals surface area contributed by atoms with Gasteiger partial charge in [-0.15, -0.1) is 12.4 Å². The van der Waals surface area contributed by atoms with E-state index in [1.807, 2.05) is 42.5 Å². The van der Waals surface area contributed by atoms with Gasteiger partial charge in [-0.2, -0.15) is 0 Å². The topological polar surface area (TPSA) is 64.3 Å². The summed E-state index contributed by atoms with van der Waals surface area (Å²) in [5.41, 5.74) is 8.23. The molecule has 0 radical (unpaired) electrons. The normalized spacial score (nSPS) is 9.40. The quantitative estimate of drug-likeness (QED) is 0.851. The third kappa shape index (κ3) is 5.20. The van der Waals surface area contributed by atoms with Crippen LogP contribution in [0, 0.1) is 0 Å². The average molecular weight is 293 g/mol. The van der Waals surface area contributed by atoms with Gasteiger partial charge in [0.1, 0.15) is 6.61 Å². The SMILES string of the molecule is Cl.Nc1ccc(CNC(=O)OCc2ccccc2)cc1. The fourth-order valence-electron chi connectivity index (χ4n) is 1.58. The monoisotopic (exact) mass is 292 g/mol. The molecule has 5 heteroatoms. The minimum absolute atomic E-state index is 0. The van der Waals surface area contributed by atoms with Crippen LogP contribution < -0.4 is 11.1 Å². The van der Waals surface area contributed by atoms with Crippen LogP contribution in [0.15, 0.2) is 54.6 Å². The van der Waals surface area contributed by atoms with E-state index in [0.717, 1.165) is 11.1 Å². The van der Waals surface area contributed by atoms with Crippen LogP contribution in [-0.4, -0.2) is 6.09 Å². The van der Waals surface area contributed by atoms with Crippen LogP contribution >= 0.6 is 12.4 Å². The Morgan fingerprint density at radius 2 is 1.65 bits per heavy atom. The minimum atomic E-state index is -0.430. The molecule has 0 saturated carbocycles. The highest BCUT2D eigenvalue weighted by molar-refractivity contribution is 5.85. The second-order valence-electron chi connectivity index (χ2n) is 4.16. The second-order valence-corrected chi connectivity index (χ2v) is 4.16. The zero-order valence-electron chi connectivity index (χ0n) is 10.9. The molecular formula is C15H17ClN2O2. The number of carbonyl (C=O) groups is 1. The molecule has 2 aromatic carbocycles. The molecule has 0 heterocycles. The van der Waals surface area contributed by atoms with Crippen molar-refractivity contribution in [3.8, 4) is 0 Å². The Morgan fingerprint density at radius 1 is 1.00 bits per heavy atom. The third-order valence-electron chi connectivity index (χ3n) is 2.63. The first-order valence-corrected chi connectivity index (χ1v) is 6.03. The molecule has 2 aromatic rings. The Balaban J connectivity index is 0.00000200. The number of rotatable bonds is 4. The maximum absolute atomic E-state index is 11.5. The van der Waals surface area contributed by atoms with Gasteiger partial charge in [0.15, 0.2) is 0 Å². The molecule has 4 nitrogen and oxygen atoms in total. The summed E-state index contributed by atoms with van der Waals surface area (Å²) in [5.74, 6) is 0. The molecule has 0 unspecified atom stereocenters. The number of amides is 1. The average Bonchev–Trinajstić information content (AvgIpc) is 2.45. The molecule has 20 heavy (non-hydrogen) atoms. The summed E-state index contributed by atoms with van der Waals surface area (Å²) in [5, 5.41) is 2.69. The molecule has 3 N–H and O–H groups in total. The van der Waals surface area contributed by atoms with Crippen molar-refractivity contribution in [3.63, 3.8) is 0 Å². The Morgan fingerprint density at radius 3 is 2.30 bits per heavy atom. The van der Waals surface area contributed by atoms with Gasteiger partial charge in [-0.3, -0.25) is 0 Å². The lowest BCUT2D eigenvalue weighted by molar-refractivity contribution is 0.139. The number of hydrogen-bond donors (Lipinski definition) is 2. The van der Waals surface area contributed by atoms with Crippen molar-refractivity contribution in [2.75, 3.05) is 5.73 Å². The van der Waals surface area contributed by atoms with Gasteiger partial charge in [0.05, 0.1) is 0 Å². The van der Waals surface area contributed by atoms with Gasteiger partial charge in [-0.05, 0) is 23.3 Å². The molecule has 0 fully saturated rings. The van der Waals surface area contributed by atoms with Crippen LogP contribution in [0.1, 0.15) is 11.1 Å². The lowest BCUT2D eigenvalue weighted by Gasteiger charge is -2.07. The van der Waals surface area contributed by atoms with E-state index >= 15 is 0 Å². The first-order chi connectivity index (χ1) is 9.24. The van der Waals surface area contributed by atoms with Crippen molar-refractivity contribution < 1.29 is 9.53 Å². The smallest absolute Gasteiger partial charge is 0.407 e. The molecule has 0 aromatic heterocycles. The molecule has 0 aliphatic rings. The second kappa shape index (κ2) is 8.07. The van der Waals surface area contributed by atoms with E-state index in [1.54, 1.807) is 12.1 Å². The lowest BCUT2D eigenvalue weighted by Crippen LogP contribution is -2.23. The van der Waals surface area contributed by atoms with Gasteiger partial charge < -0.3 is 15.8 Å². The van der Waals surface area contributed by atoms with E-state index in [1.165, 1.54) is 0 Å². The summed E-state index contributed by atoms with van der Waals surface area (Å²) in [6.07, 6.45) is -0.430. The zero-order valence-corrected chi connectivity index (χ0v) is 11.7. The number of ether oxygens (including phenoxy) is 1. The highest BCUT2D eigenvalue weighted by Crippen LogP contribution is 2.05. The summed E-state index contributed by atoms with van der Waals surface area (Å²) in [4.78, 5) is 11.5. The molecule has 106 valence electrons. The molecule has 2 rings (SSSR count). The Kier molecular flexibility index (Phi) is 6.40. The van der Waals surface area contributed by atoms with Gasteiger partial charge in [0, 0.05) is 12.2 Å². The Labute approximate surface area is 124 Å². The largest absolute Gasteiger partial charge is 0.445 e. The van der Waals surface area contributed by atoms with E-state index in [9.17, 15) is 4.79 Å². The number of nitrogen functional groups attached to an aromatic ring is 1. The first-order valence-electron chi connectivity index (χ1n) is 6.03. The van der Waals surface area contributed by atoms with Crippen molar-refractivity contribution in [2.24, 2.45) is 0 Å². The van der Waals surface area contributed by atoms with Gasteiger partial charge in [0.25, 0.3) is 0 Å². The number of alkyl carbamates (subject to hydrolysis) is 1. The molecule has 0 bridgehead atoms. The summed E-state index contributed by atoms with van der Waals surface area (Å²) in [6.45, 7) is 0.697. The van der Waals surface area contributed by atoms with E-state index in [2.05, 4.69) is 5.32 Å². The Hall–Kier alpha value is -2.20. The number of nitrogens with two attached hydrogens (primary N) is 1. The third-order valence-corrected chi connectivity index (χ3v) is 2.63. The minimum Gasteiger partial charge on any atom is -0.445 e. The number of hydrogen-bond acceptors (Lipinski definition) is 3. The number of carbonyl (C=O) groups excluding carboxylic acids is 1. The Bertz CT molecular complexity index is 529. The van der Waals surface area contributed by atoms with Crippen LogP contribution in [0.5, 0.6) is 0 Å².